The first-order valence-electron chi connectivity index (χ1n) is 15.6. The van der Waals surface area contributed by atoms with Gasteiger partial charge < -0.3 is 30.4 Å². The molecule has 4 aromatic rings. The molecule has 3 aromatic carbocycles. The van der Waals surface area contributed by atoms with Crippen molar-refractivity contribution in [1.82, 2.24) is 20.9 Å². The van der Waals surface area contributed by atoms with Gasteiger partial charge in [-0.2, -0.15) is 0 Å². The quantitative estimate of drug-likeness (QED) is 0.129. The molecular weight excluding hydrogens is 552 g/mol. The molecule has 44 heavy (non-hydrogen) atoms. The third kappa shape index (κ3) is 9.77. The van der Waals surface area contributed by atoms with E-state index in [1.54, 1.807) is 18.4 Å². The molecule has 0 saturated heterocycles. The van der Waals surface area contributed by atoms with Gasteiger partial charge in [0.05, 0.1) is 25.5 Å². The van der Waals surface area contributed by atoms with Crippen molar-refractivity contribution in [3.05, 3.63) is 108 Å². The molecule has 0 aliphatic rings. The summed E-state index contributed by atoms with van der Waals surface area (Å²) in [4.78, 5) is 29.2. The van der Waals surface area contributed by atoms with Crippen molar-refractivity contribution >= 4 is 22.6 Å². The number of amides is 2. The Balaban J connectivity index is 1.41. The molecular formula is C36H46N4O4. The van der Waals surface area contributed by atoms with Crippen LogP contribution in [0.1, 0.15) is 66.9 Å². The van der Waals surface area contributed by atoms with Crippen LogP contribution in [0.3, 0.4) is 0 Å². The lowest BCUT2D eigenvalue weighted by Gasteiger charge is -2.26. The van der Waals surface area contributed by atoms with E-state index in [0.29, 0.717) is 44.0 Å². The molecule has 8 nitrogen and oxygen atoms in total. The molecule has 0 spiro atoms. The van der Waals surface area contributed by atoms with Crippen molar-refractivity contribution in [3.63, 3.8) is 0 Å². The highest BCUT2D eigenvalue weighted by atomic mass is 16.3. The number of nitrogens with one attached hydrogen (secondary N) is 3. The van der Waals surface area contributed by atoms with Crippen molar-refractivity contribution in [2.24, 2.45) is 5.92 Å². The first-order valence-corrected chi connectivity index (χ1v) is 15.6. The van der Waals surface area contributed by atoms with E-state index in [0.717, 1.165) is 40.7 Å². The van der Waals surface area contributed by atoms with Gasteiger partial charge in [0.15, 0.2) is 0 Å². The van der Waals surface area contributed by atoms with Crippen LogP contribution in [0.2, 0.25) is 0 Å². The van der Waals surface area contributed by atoms with Gasteiger partial charge in [0, 0.05) is 25.2 Å². The molecule has 4 rings (SSSR count). The number of carbonyl (C=O) groups is 2. The number of hydrogen-bond acceptors (Lipinski definition) is 6. The highest BCUT2D eigenvalue weighted by molar-refractivity contribution is 5.97. The van der Waals surface area contributed by atoms with Crippen molar-refractivity contribution in [2.75, 3.05) is 26.2 Å². The molecule has 0 aliphatic carbocycles. The van der Waals surface area contributed by atoms with Crippen LogP contribution >= 0.6 is 0 Å². The molecule has 1 aromatic heterocycles. The standard InChI is InChI=1S/C36H46N4O4/c1-26(2)25-40(20-21-41)19-7-14-34(36(43)38-27(3)32-13-6-10-29-9-4-5-12-33(29)32)39-35(42)30-17-15-28(16-18-30)23-37-24-31-11-8-22-44-31/h4-6,8-13,15-18,22,26-27,34,37,41H,7,14,19-21,23-25H2,1-3H3,(H,38,43)(H,39,42)/t27-,34?/m0/s1. The summed E-state index contributed by atoms with van der Waals surface area (Å²) in [7, 11) is 0. The van der Waals surface area contributed by atoms with Gasteiger partial charge >= 0.3 is 0 Å². The van der Waals surface area contributed by atoms with Crippen molar-refractivity contribution < 1.29 is 19.1 Å². The number of aliphatic hydroxyl groups is 1. The summed E-state index contributed by atoms with van der Waals surface area (Å²) in [5, 5.41) is 21.2. The Morgan fingerprint density at radius 1 is 0.864 bits per heavy atom. The largest absolute Gasteiger partial charge is 0.468 e. The second-order valence-electron chi connectivity index (χ2n) is 11.8. The molecule has 234 valence electrons. The highest BCUT2D eigenvalue weighted by Gasteiger charge is 2.24. The molecule has 1 heterocycles. The minimum Gasteiger partial charge on any atom is -0.468 e. The van der Waals surface area contributed by atoms with Gasteiger partial charge in [-0.25, -0.2) is 0 Å². The summed E-state index contributed by atoms with van der Waals surface area (Å²) in [6.45, 7) is 9.80. The fraction of sp³-hybridized carbons (Fsp3) is 0.389. The summed E-state index contributed by atoms with van der Waals surface area (Å²) in [5.74, 6) is 0.830. The van der Waals surface area contributed by atoms with Crippen LogP contribution in [0.25, 0.3) is 10.8 Å². The summed E-state index contributed by atoms with van der Waals surface area (Å²) >= 11 is 0. The summed E-state index contributed by atoms with van der Waals surface area (Å²) in [5.41, 5.74) is 2.57. The Hall–Kier alpha value is -3.98. The van der Waals surface area contributed by atoms with Gasteiger partial charge in [0.1, 0.15) is 11.8 Å². The number of nitrogens with zero attached hydrogens (tertiary/aromatic N) is 1. The SMILES string of the molecule is CC(C)CN(CCO)CCCC(NC(=O)c1ccc(CNCc2ccco2)cc1)C(=O)N[C@@H](C)c1cccc2ccccc12. The molecule has 0 fully saturated rings. The van der Waals surface area contributed by atoms with Crippen LogP contribution in [0.5, 0.6) is 0 Å². The van der Waals surface area contributed by atoms with E-state index in [-0.39, 0.29) is 24.5 Å². The van der Waals surface area contributed by atoms with Crippen molar-refractivity contribution in [1.29, 1.82) is 0 Å². The number of aliphatic hydroxyl groups excluding tert-OH is 1. The molecule has 2 amide bonds. The minimum absolute atomic E-state index is 0.0876. The van der Waals surface area contributed by atoms with Gasteiger partial charge in [0.2, 0.25) is 5.91 Å². The molecule has 0 aliphatic heterocycles. The number of furan rings is 1. The lowest BCUT2D eigenvalue weighted by molar-refractivity contribution is -0.123. The van der Waals surface area contributed by atoms with Gasteiger partial charge in [0.25, 0.3) is 5.91 Å². The third-order valence-corrected chi connectivity index (χ3v) is 7.70. The normalized spacial score (nSPS) is 12.9. The zero-order valence-electron chi connectivity index (χ0n) is 26.1. The number of rotatable bonds is 17. The van der Waals surface area contributed by atoms with Crippen molar-refractivity contribution in [3.8, 4) is 0 Å². The molecule has 8 heteroatoms. The third-order valence-electron chi connectivity index (χ3n) is 7.70. The maximum absolute atomic E-state index is 13.7. The van der Waals surface area contributed by atoms with Gasteiger partial charge in [-0.1, -0.05) is 68.4 Å². The monoisotopic (exact) mass is 598 g/mol. The topological polar surface area (TPSA) is 107 Å². The second kappa shape index (κ2) is 16.8. The Bertz CT molecular complexity index is 1450. The zero-order valence-corrected chi connectivity index (χ0v) is 26.1. The van der Waals surface area contributed by atoms with Gasteiger partial charge in [-0.05, 0) is 78.4 Å². The van der Waals surface area contributed by atoms with Gasteiger partial charge in [-0.15, -0.1) is 0 Å². The molecule has 2 atom stereocenters. The summed E-state index contributed by atoms with van der Waals surface area (Å²) in [6, 6.07) is 24.5. The first kappa shape index (κ1) is 32.9. The second-order valence-corrected chi connectivity index (χ2v) is 11.8. The molecule has 1 unspecified atom stereocenters. The molecule has 0 radical (unpaired) electrons. The van der Waals surface area contributed by atoms with Crippen LogP contribution < -0.4 is 16.0 Å². The predicted molar refractivity (Wildman–Crippen MR) is 175 cm³/mol. The Labute approximate surface area is 260 Å². The number of hydrogen-bond donors (Lipinski definition) is 4. The lowest BCUT2D eigenvalue weighted by Crippen LogP contribution is -2.47. The molecule has 0 saturated carbocycles. The van der Waals surface area contributed by atoms with E-state index in [1.807, 2.05) is 55.5 Å². The Morgan fingerprint density at radius 3 is 2.36 bits per heavy atom. The smallest absolute Gasteiger partial charge is 0.251 e. The van der Waals surface area contributed by atoms with Gasteiger partial charge in [-0.3, -0.25) is 9.59 Å². The van der Waals surface area contributed by atoms with Crippen LogP contribution in [-0.2, 0) is 17.9 Å². The number of benzene rings is 3. The van der Waals surface area contributed by atoms with E-state index in [9.17, 15) is 14.7 Å². The average Bonchev–Trinajstić information content (AvgIpc) is 3.54. The first-order chi connectivity index (χ1) is 21.3. The summed E-state index contributed by atoms with van der Waals surface area (Å²) in [6.07, 6.45) is 2.84. The van der Waals surface area contributed by atoms with Crippen LogP contribution in [0, 0.1) is 5.92 Å². The van der Waals surface area contributed by atoms with E-state index in [2.05, 4.69) is 52.9 Å². The molecule has 4 N–H and O–H groups in total. The Morgan fingerprint density at radius 2 is 1.64 bits per heavy atom. The molecule has 0 bridgehead atoms. The average molecular weight is 599 g/mol. The highest BCUT2D eigenvalue weighted by Crippen LogP contribution is 2.24. The van der Waals surface area contributed by atoms with E-state index < -0.39 is 6.04 Å². The fourth-order valence-electron chi connectivity index (χ4n) is 5.52. The lowest BCUT2D eigenvalue weighted by atomic mass is 9.99. The maximum atomic E-state index is 13.7. The number of fused-ring (bicyclic) bond motifs is 1. The zero-order chi connectivity index (χ0) is 31.3. The predicted octanol–water partition coefficient (Wildman–Crippen LogP) is 5.43. The maximum Gasteiger partial charge on any atom is 0.251 e. The van der Waals surface area contributed by atoms with E-state index in [4.69, 9.17) is 4.42 Å². The Kier molecular flexibility index (Phi) is 12.5. The minimum atomic E-state index is -0.704. The fourth-order valence-corrected chi connectivity index (χ4v) is 5.52. The van der Waals surface area contributed by atoms with Crippen molar-refractivity contribution in [2.45, 2.75) is 58.8 Å². The van der Waals surface area contributed by atoms with E-state index in [1.165, 1.54) is 0 Å². The number of carbonyl (C=O) groups excluding carboxylic acids is 2. The summed E-state index contributed by atoms with van der Waals surface area (Å²) < 4.78 is 5.35. The van der Waals surface area contributed by atoms with Crippen LogP contribution in [0.4, 0.5) is 0 Å². The van der Waals surface area contributed by atoms with Crippen LogP contribution in [-0.4, -0.2) is 54.1 Å². The van der Waals surface area contributed by atoms with E-state index >= 15 is 0 Å². The van der Waals surface area contributed by atoms with Crippen LogP contribution in [0.15, 0.2) is 89.5 Å².